The first-order valence-electron chi connectivity index (χ1n) is 25.0. The lowest BCUT2D eigenvalue weighted by Crippen LogP contribution is -2.23. The number of ether oxygens (including phenoxy) is 1. The molecule has 0 spiro atoms. The van der Waals surface area contributed by atoms with E-state index in [0.717, 1.165) is 133 Å². The molecule has 73 heavy (non-hydrogen) atoms. The van der Waals surface area contributed by atoms with Gasteiger partial charge in [0, 0.05) is 77.4 Å². The molecule has 11 aromatic carbocycles. The highest BCUT2D eigenvalue weighted by Gasteiger charge is 2.42. The molecule has 15 rings (SSSR count). The van der Waals surface area contributed by atoms with Crippen LogP contribution in [0.15, 0.2) is 264 Å². The first kappa shape index (κ1) is 41.2. The summed E-state index contributed by atoms with van der Waals surface area (Å²) in [5, 5.41) is 6.43. The van der Waals surface area contributed by atoms with Crippen LogP contribution in [0, 0.1) is 0 Å². The van der Waals surface area contributed by atoms with Gasteiger partial charge in [-0.05, 0) is 59.7 Å². The zero-order valence-electron chi connectivity index (χ0n) is 39.5. The number of nitrogens with zero attached hydrogens (tertiary/aromatic N) is 2. The molecule has 0 amide bonds. The third-order valence-electron chi connectivity index (χ3n) is 15.0. The Morgan fingerprint density at radius 3 is 1.34 bits per heavy atom. The van der Waals surface area contributed by atoms with Gasteiger partial charge in [0.25, 0.3) is 0 Å². The summed E-state index contributed by atoms with van der Waals surface area (Å²) in [5.41, 5.74) is 17.2. The van der Waals surface area contributed by atoms with E-state index in [1.807, 2.05) is 0 Å². The van der Waals surface area contributed by atoms with Crippen LogP contribution in [-0.4, -0.2) is 0 Å². The van der Waals surface area contributed by atoms with Gasteiger partial charge in [0.2, 0.25) is 0 Å². The molecule has 0 N–H and O–H groups in total. The van der Waals surface area contributed by atoms with Crippen molar-refractivity contribution in [3.63, 3.8) is 0 Å². The molecule has 0 saturated carbocycles. The van der Waals surface area contributed by atoms with Gasteiger partial charge in [-0.15, -0.1) is 0 Å². The molecule has 5 nitrogen and oxygen atoms in total. The Bertz CT molecular complexity index is 4310. The second-order valence-corrected chi connectivity index (χ2v) is 19.0. The molecule has 2 atom stereocenters. The maximum atomic E-state index is 7.35. The summed E-state index contributed by atoms with van der Waals surface area (Å²) in [4.78, 5) is 4.77. The third-order valence-corrected chi connectivity index (χ3v) is 15.0. The molecule has 2 unspecified atom stereocenters. The average Bonchev–Trinajstić information content (AvgIpc) is 4.17. The van der Waals surface area contributed by atoms with E-state index in [9.17, 15) is 0 Å². The Hall–Kier alpha value is -9.58. The lowest BCUT2D eigenvalue weighted by molar-refractivity contribution is 0.225. The highest BCUT2D eigenvalue weighted by Crippen LogP contribution is 2.58. The number of hydrogen-bond donors (Lipinski definition) is 0. The molecular formula is C68H44N2O3. The number of anilines is 5. The van der Waals surface area contributed by atoms with Gasteiger partial charge >= 0.3 is 0 Å². The highest BCUT2D eigenvalue weighted by atomic mass is 16.5. The largest absolute Gasteiger partial charge is 0.484 e. The minimum atomic E-state index is -0.262. The van der Waals surface area contributed by atoms with E-state index in [4.69, 9.17) is 13.6 Å². The molecule has 0 fully saturated rings. The molecule has 3 heterocycles. The van der Waals surface area contributed by atoms with Crippen LogP contribution < -0.4 is 14.5 Å². The minimum Gasteiger partial charge on any atom is -0.484 e. The van der Waals surface area contributed by atoms with E-state index in [1.54, 1.807) is 0 Å². The lowest BCUT2D eigenvalue weighted by atomic mass is 9.81. The van der Waals surface area contributed by atoms with Gasteiger partial charge < -0.3 is 23.4 Å². The van der Waals surface area contributed by atoms with Crippen molar-refractivity contribution in [1.82, 2.24) is 0 Å². The van der Waals surface area contributed by atoms with Crippen LogP contribution in [0.5, 0.6) is 5.75 Å². The first-order chi connectivity index (χ1) is 36.2. The summed E-state index contributed by atoms with van der Waals surface area (Å²) < 4.78 is 21.6. The molecule has 344 valence electrons. The summed E-state index contributed by atoms with van der Waals surface area (Å²) in [7, 11) is 0. The molecule has 1 aliphatic heterocycles. The Morgan fingerprint density at radius 2 is 0.753 bits per heavy atom. The summed E-state index contributed by atoms with van der Waals surface area (Å²) in [5.74, 6) is 0.755. The van der Waals surface area contributed by atoms with Gasteiger partial charge in [-0.25, -0.2) is 0 Å². The minimum absolute atomic E-state index is 0.151. The van der Waals surface area contributed by atoms with Crippen LogP contribution >= 0.6 is 0 Å². The standard InChI is InChI=1S/C68H44N2O3/c1-5-21-43(22-6-1)47-33-17-35-53-55-37-19-39-59(67(55)72-63(47)53)69(45-25-9-3-10-26-45)61-41-57-58-42-62(50-30-14-16-32-52(50)66(58)71-65(57)51-31-15-13-29-49(51)61)70(46-27-11-4-12-28-46)60-40-20-38-56-54-36-18-34-48(64(54)73-68(56)60)44-23-7-2-8-24-44/h1-42,57,65H. The molecule has 0 saturated heterocycles. The van der Waals surface area contributed by atoms with E-state index in [-0.39, 0.29) is 12.0 Å². The molecular weight excluding hydrogens is 893 g/mol. The number of hydrogen-bond acceptors (Lipinski definition) is 5. The Labute approximate surface area is 421 Å². The van der Waals surface area contributed by atoms with Crippen LogP contribution in [0.3, 0.4) is 0 Å². The highest BCUT2D eigenvalue weighted by molar-refractivity contribution is 6.16. The lowest BCUT2D eigenvalue weighted by Gasteiger charge is -2.34. The van der Waals surface area contributed by atoms with E-state index in [1.165, 1.54) is 0 Å². The van der Waals surface area contributed by atoms with Gasteiger partial charge in [0.15, 0.2) is 11.2 Å². The molecule has 2 aromatic heterocycles. The van der Waals surface area contributed by atoms with E-state index in [2.05, 4.69) is 265 Å². The fraction of sp³-hybridized carbons (Fsp3) is 0.0294. The van der Waals surface area contributed by atoms with Crippen LogP contribution in [0.1, 0.15) is 28.7 Å². The number of furan rings is 2. The van der Waals surface area contributed by atoms with Crippen LogP contribution in [0.25, 0.3) is 82.6 Å². The second-order valence-electron chi connectivity index (χ2n) is 19.0. The normalized spacial score (nSPS) is 14.8. The zero-order valence-corrected chi connectivity index (χ0v) is 39.5. The number of para-hydroxylation sites is 6. The van der Waals surface area contributed by atoms with Crippen LogP contribution in [0.4, 0.5) is 28.4 Å². The Kier molecular flexibility index (Phi) is 9.32. The predicted octanol–water partition coefficient (Wildman–Crippen LogP) is 18.9. The zero-order chi connectivity index (χ0) is 48.0. The van der Waals surface area contributed by atoms with Gasteiger partial charge in [0.05, 0.1) is 22.8 Å². The summed E-state index contributed by atoms with van der Waals surface area (Å²) in [6.07, 6.45) is 2.18. The predicted molar refractivity (Wildman–Crippen MR) is 300 cm³/mol. The molecule has 2 aliphatic rings. The van der Waals surface area contributed by atoms with Crippen LogP contribution in [0.2, 0.25) is 0 Å². The summed E-state index contributed by atoms with van der Waals surface area (Å²) >= 11 is 0. The maximum Gasteiger partial charge on any atom is 0.159 e. The van der Waals surface area contributed by atoms with Crippen molar-refractivity contribution in [2.45, 2.75) is 12.0 Å². The fourth-order valence-electron chi connectivity index (χ4n) is 11.8. The van der Waals surface area contributed by atoms with Gasteiger partial charge in [-0.1, -0.05) is 206 Å². The van der Waals surface area contributed by atoms with Gasteiger partial charge in [0.1, 0.15) is 23.0 Å². The quantitative estimate of drug-likeness (QED) is 0.152. The number of rotatable bonds is 8. The maximum absolute atomic E-state index is 7.35. The van der Waals surface area contributed by atoms with Crippen molar-refractivity contribution < 1.29 is 13.6 Å². The average molecular weight is 937 g/mol. The molecule has 0 bridgehead atoms. The fourth-order valence-corrected chi connectivity index (χ4v) is 11.8. The summed E-state index contributed by atoms with van der Waals surface area (Å²) in [6.45, 7) is 0. The van der Waals surface area contributed by atoms with E-state index in [0.29, 0.717) is 0 Å². The molecule has 1 aliphatic carbocycles. The second kappa shape index (κ2) is 16.5. The van der Waals surface area contributed by atoms with Crippen molar-refractivity contribution in [1.29, 1.82) is 0 Å². The van der Waals surface area contributed by atoms with Gasteiger partial charge in [-0.2, -0.15) is 0 Å². The third kappa shape index (κ3) is 6.42. The van der Waals surface area contributed by atoms with Crippen molar-refractivity contribution >= 4 is 88.8 Å². The van der Waals surface area contributed by atoms with Gasteiger partial charge in [-0.3, -0.25) is 0 Å². The monoisotopic (exact) mass is 936 g/mol. The Balaban J connectivity index is 0.955. The van der Waals surface area contributed by atoms with Crippen molar-refractivity contribution in [3.05, 3.63) is 271 Å². The van der Waals surface area contributed by atoms with Crippen molar-refractivity contribution in [2.24, 2.45) is 0 Å². The number of fused-ring (bicyclic) bond motifs is 13. The topological polar surface area (TPSA) is 42.0 Å². The smallest absolute Gasteiger partial charge is 0.159 e. The van der Waals surface area contributed by atoms with Crippen molar-refractivity contribution in [3.8, 4) is 28.0 Å². The SMILES string of the molecule is C1=C(N(c2ccccc2)c2cccc3c2oc2c(-c4ccccc4)cccc23)c2ccccc2C2Oc3c(cc(N(c4ccccc4)c4cccc5c4oc4c(-c6ccccc6)cccc45)c4ccccc34)C12. The van der Waals surface area contributed by atoms with E-state index >= 15 is 0 Å². The number of benzene rings is 11. The van der Waals surface area contributed by atoms with Crippen LogP contribution in [-0.2, 0) is 0 Å². The summed E-state index contributed by atoms with van der Waals surface area (Å²) in [6, 6.07) is 88.2. The van der Waals surface area contributed by atoms with Crippen molar-refractivity contribution in [2.75, 3.05) is 9.80 Å². The molecule has 5 heteroatoms. The molecule has 13 aromatic rings. The van der Waals surface area contributed by atoms with E-state index < -0.39 is 0 Å². The molecule has 0 radical (unpaired) electrons. The first-order valence-corrected chi connectivity index (χ1v) is 25.0. The Morgan fingerprint density at radius 1 is 0.315 bits per heavy atom.